The number of aromatic nitrogens is 3. The summed E-state index contributed by atoms with van der Waals surface area (Å²) in [7, 11) is 1.98. The number of nitrogens with zero attached hydrogens (tertiary/aromatic N) is 4. The molecule has 0 radical (unpaired) electrons. The van der Waals surface area contributed by atoms with Crippen LogP contribution in [0.5, 0.6) is 0 Å². The lowest BCUT2D eigenvalue weighted by molar-refractivity contribution is 0.122. The molecule has 1 aromatic carbocycles. The average molecular weight is 561 g/mol. The molecular weight excluding hydrogens is 539 g/mol. The molecular formula is C24H22ClIN4O2. The number of aryl methyl sites for hydroxylation is 1. The molecule has 0 aliphatic carbocycles. The van der Waals surface area contributed by atoms with Crippen LogP contribution in [-0.4, -0.2) is 40.4 Å². The van der Waals surface area contributed by atoms with E-state index < -0.39 is 0 Å². The summed E-state index contributed by atoms with van der Waals surface area (Å²) in [5.41, 5.74) is 4.82. The van der Waals surface area contributed by atoms with Gasteiger partial charge in [-0.2, -0.15) is 0 Å². The van der Waals surface area contributed by atoms with Crippen LogP contribution in [0, 0.1) is 3.57 Å². The summed E-state index contributed by atoms with van der Waals surface area (Å²) in [6, 6.07) is 11.7. The van der Waals surface area contributed by atoms with E-state index in [1.165, 1.54) is 0 Å². The number of morpholine rings is 1. The van der Waals surface area contributed by atoms with Crippen molar-refractivity contribution in [2.24, 2.45) is 7.05 Å². The second-order valence-corrected chi connectivity index (χ2v) is 9.66. The molecule has 1 saturated heterocycles. The second-order valence-electron chi connectivity index (χ2n) is 7.98. The van der Waals surface area contributed by atoms with Gasteiger partial charge in [0.1, 0.15) is 5.65 Å². The molecule has 4 aromatic rings. The minimum absolute atomic E-state index is 0.0493. The lowest BCUT2D eigenvalue weighted by Gasteiger charge is -2.28. The fourth-order valence-corrected chi connectivity index (χ4v) is 5.36. The number of fused-ring (bicyclic) bond motifs is 1. The first-order chi connectivity index (χ1) is 15.5. The van der Waals surface area contributed by atoms with Crippen molar-refractivity contribution in [2.75, 3.05) is 31.2 Å². The predicted octanol–water partition coefficient (Wildman–Crippen LogP) is 4.54. The zero-order chi connectivity index (χ0) is 22.2. The highest BCUT2D eigenvalue weighted by molar-refractivity contribution is 14.1. The zero-order valence-corrected chi connectivity index (χ0v) is 20.5. The SMILES string of the molecule is Cn1cc(-c2ccn(Cc3cc(Cl)cc(I)c3)c(=O)c2)c2cc(N3CCOCC3)cnc21. The standard InChI is InChI=1S/C24H22ClIN4O2/c1-28-15-22(21-12-20(13-27-24(21)28)29-4-6-32-7-5-29)17-2-3-30(23(31)10-17)14-16-8-18(25)11-19(26)9-16/h2-3,8-13,15H,4-7,14H2,1H3. The van der Waals surface area contributed by atoms with Gasteiger partial charge < -0.3 is 18.8 Å². The highest BCUT2D eigenvalue weighted by atomic mass is 127. The number of halogens is 2. The van der Waals surface area contributed by atoms with Crippen LogP contribution in [0.25, 0.3) is 22.2 Å². The summed E-state index contributed by atoms with van der Waals surface area (Å²) in [4.78, 5) is 19.9. The maximum Gasteiger partial charge on any atom is 0.251 e. The Morgan fingerprint density at radius 3 is 2.72 bits per heavy atom. The van der Waals surface area contributed by atoms with Crippen LogP contribution < -0.4 is 10.5 Å². The van der Waals surface area contributed by atoms with Crippen LogP contribution in [0.15, 0.2) is 59.8 Å². The highest BCUT2D eigenvalue weighted by Crippen LogP contribution is 2.31. The summed E-state index contributed by atoms with van der Waals surface area (Å²) in [5, 5.41) is 1.72. The monoisotopic (exact) mass is 560 g/mol. The van der Waals surface area contributed by atoms with Gasteiger partial charge in [0.05, 0.1) is 31.6 Å². The highest BCUT2D eigenvalue weighted by Gasteiger charge is 2.16. The van der Waals surface area contributed by atoms with Gasteiger partial charge in [-0.1, -0.05) is 11.6 Å². The predicted molar refractivity (Wildman–Crippen MR) is 137 cm³/mol. The summed E-state index contributed by atoms with van der Waals surface area (Å²) >= 11 is 8.41. The van der Waals surface area contributed by atoms with Gasteiger partial charge in [-0.3, -0.25) is 4.79 Å². The maximum absolute atomic E-state index is 12.9. The molecule has 4 heterocycles. The van der Waals surface area contributed by atoms with E-state index in [-0.39, 0.29) is 5.56 Å². The Balaban J connectivity index is 1.50. The van der Waals surface area contributed by atoms with Crippen molar-refractivity contribution in [2.45, 2.75) is 6.54 Å². The normalized spacial score (nSPS) is 14.3. The lowest BCUT2D eigenvalue weighted by Crippen LogP contribution is -2.36. The Hall–Kier alpha value is -2.36. The Morgan fingerprint density at radius 1 is 1.16 bits per heavy atom. The molecule has 0 amide bonds. The number of anilines is 1. The van der Waals surface area contributed by atoms with Gasteiger partial charge in [0.2, 0.25) is 0 Å². The van der Waals surface area contributed by atoms with E-state index in [2.05, 4.69) is 33.6 Å². The summed E-state index contributed by atoms with van der Waals surface area (Å²) in [6.07, 6.45) is 5.81. The van der Waals surface area contributed by atoms with Crippen LogP contribution in [-0.2, 0) is 18.3 Å². The van der Waals surface area contributed by atoms with E-state index >= 15 is 0 Å². The molecule has 1 aliphatic rings. The molecule has 3 aromatic heterocycles. The van der Waals surface area contributed by atoms with Gasteiger partial charge in [0.15, 0.2) is 0 Å². The van der Waals surface area contributed by atoms with Crippen LogP contribution in [0.1, 0.15) is 5.56 Å². The molecule has 8 heteroatoms. The van der Waals surface area contributed by atoms with E-state index in [0.29, 0.717) is 11.6 Å². The van der Waals surface area contributed by atoms with E-state index in [9.17, 15) is 4.79 Å². The minimum atomic E-state index is -0.0493. The molecule has 0 spiro atoms. The first-order valence-electron chi connectivity index (χ1n) is 10.4. The number of ether oxygens (including phenoxy) is 1. The molecule has 0 bridgehead atoms. The number of benzene rings is 1. The van der Waals surface area contributed by atoms with Gasteiger partial charge >= 0.3 is 0 Å². The third kappa shape index (κ3) is 4.29. The van der Waals surface area contributed by atoms with Crippen molar-refractivity contribution < 1.29 is 4.74 Å². The fourth-order valence-electron chi connectivity index (χ4n) is 4.18. The van der Waals surface area contributed by atoms with E-state index in [0.717, 1.165) is 63.3 Å². The van der Waals surface area contributed by atoms with Crippen molar-refractivity contribution in [3.05, 3.63) is 79.5 Å². The Morgan fingerprint density at radius 2 is 1.97 bits per heavy atom. The van der Waals surface area contributed by atoms with Crippen LogP contribution in [0.4, 0.5) is 5.69 Å². The Labute approximate surface area is 204 Å². The molecule has 5 rings (SSSR count). The molecule has 0 N–H and O–H groups in total. The van der Waals surface area contributed by atoms with Crippen LogP contribution in [0.2, 0.25) is 5.02 Å². The number of pyridine rings is 2. The lowest BCUT2D eigenvalue weighted by atomic mass is 10.1. The van der Waals surface area contributed by atoms with Gasteiger partial charge in [0, 0.05) is 58.1 Å². The summed E-state index contributed by atoms with van der Waals surface area (Å²) in [5.74, 6) is 0. The molecule has 164 valence electrons. The quantitative estimate of drug-likeness (QED) is 0.344. The van der Waals surface area contributed by atoms with Gasteiger partial charge in [-0.15, -0.1) is 0 Å². The average Bonchev–Trinajstić information content (AvgIpc) is 3.11. The molecule has 0 unspecified atom stereocenters. The van der Waals surface area contributed by atoms with Crippen molar-refractivity contribution in [3.63, 3.8) is 0 Å². The van der Waals surface area contributed by atoms with E-state index in [1.807, 2.05) is 54.5 Å². The van der Waals surface area contributed by atoms with Gasteiger partial charge in [-0.05, 0) is 64.0 Å². The minimum Gasteiger partial charge on any atom is -0.378 e. The molecule has 1 aliphatic heterocycles. The number of hydrogen-bond donors (Lipinski definition) is 0. The second kappa shape index (κ2) is 8.88. The van der Waals surface area contributed by atoms with Crippen LogP contribution >= 0.6 is 34.2 Å². The number of hydrogen-bond acceptors (Lipinski definition) is 4. The molecule has 1 fully saturated rings. The largest absolute Gasteiger partial charge is 0.378 e. The van der Waals surface area contributed by atoms with Gasteiger partial charge in [-0.25, -0.2) is 4.98 Å². The fraction of sp³-hybridized carbons (Fsp3) is 0.250. The first-order valence-corrected chi connectivity index (χ1v) is 11.9. The van der Waals surface area contributed by atoms with Crippen molar-refractivity contribution >= 4 is 50.9 Å². The number of rotatable bonds is 4. The summed E-state index contributed by atoms with van der Waals surface area (Å²) in [6.45, 7) is 3.64. The Bertz CT molecular complexity index is 1340. The summed E-state index contributed by atoms with van der Waals surface area (Å²) < 4.78 is 10.2. The zero-order valence-electron chi connectivity index (χ0n) is 17.6. The topological polar surface area (TPSA) is 52.3 Å². The van der Waals surface area contributed by atoms with E-state index in [1.54, 1.807) is 10.6 Å². The molecule has 6 nitrogen and oxygen atoms in total. The smallest absolute Gasteiger partial charge is 0.251 e. The molecule has 0 atom stereocenters. The third-order valence-electron chi connectivity index (χ3n) is 5.76. The molecule has 32 heavy (non-hydrogen) atoms. The van der Waals surface area contributed by atoms with Crippen LogP contribution in [0.3, 0.4) is 0 Å². The molecule has 0 saturated carbocycles. The van der Waals surface area contributed by atoms with Crippen molar-refractivity contribution in [3.8, 4) is 11.1 Å². The first kappa shape index (κ1) is 21.5. The van der Waals surface area contributed by atoms with E-state index in [4.69, 9.17) is 21.3 Å². The van der Waals surface area contributed by atoms with Crippen molar-refractivity contribution in [1.29, 1.82) is 0 Å². The Kier molecular flexibility index (Phi) is 5.96. The van der Waals surface area contributed by atoms with Gasteiger partial charge in [0.25, 0.3) is 5.56 Å². The third-order valence-corrected chi connectivity index (χ3v) is 6.60. The van der Waals surface area contributed by atoms with Crippen molar-refractivity contribution in [1.82, 2.24) is 14.1 Å². The maximum atomic E-state index is 12.9.